The molecule has 25 heavy (non-hydrogen) atoms. The van der Waals surface area contributed by atoms with Gasteiger partial charge < -0.3 is 4.90 Å². The predicted molar refractivity (Wildman–Crippen MR) is 103 cm³/mol. The Morgan fingerprint density at radius 3 is 2.84 bits per heavy atom. The van der Waals surface area contributed by atoms with Crippen LogP contribution in [0.25, 0.3) is 6.08 Å². The summed E-state index contributed by atoms with van der Waals surface area (Å²) < 4.78 is 0. The van der Waals surface area contributed by atoms with E-state index in [0.29, 0.717) is 17.9 Å². The van der Waals surface area contributed by atoms with Crippen molar-refractivity contribution < 1.29 is 4.79 Å². The molecule has 4 aliphatic rings. The number of carbonyl (C=O) groups is 1. The van der Waals surface area contributed by atoms with Crippen molar-refractivity contribution in [1.82, 2.24) is 9.80 Å². The van der Waals surface area contributed by atoms with E-state index in [1.807, 2.05) is 0 Å². The van der Waals surface area contributed by atoms with Crippen LogP contribution in [-0.2, 0) is 4.79 Å². The van der Waals surface area contributed by atoms with Crippen LogP contribution in [0.15, 0.2) is 17.0 Å². The van der Waals surface area contributed by atoms with Gasteiger partial charge in [-0.2, -0.15) is 0 Å². The normalized spacial score (nSPS) is 37.1. The maximum Gasteiger partial charge on any atom is 0.250 e. The van der Waals surface area contributed by atoms with Crippen molar-refractivity contribution in [2.75, 3.05) is 19.6 Å². The van der Waals surface area contributed by atoms with Gasteiger partial charge in [0.15, 0.2) is 0 Å². The highest BCUT2D eigenvalue weighted by atomic mass is 32.1. The van der Waals surface area contributed by atoms with Gasteiger partial charge in [0.25, 0.3) is 0 Å². The molecule has 0 radical (unpaired) electrons. The minimum absolute atomic E-state index is 0.338. The van der Waals surface area contributed by atoms with Crippen LogP contribution in [0.1, 0.15) is 49.0 Å². The second-order valence-electron chi connectivity index (χ2n) is 8.44. The topological polar surface area (TPSA) is 23.6 Å². The second kappa shape index (κ2) is 6.24. The van der Waals surface area contributed by atoms with Crippen LogP contribution in [0.4, 0.5) is 0 Å². The summed E-state index contributed by atoms with van der Waals surface area (Å²) >= 11 is 1.75. The summed E-state index contributed by atoms with van der Waals surface area (Å²) in [4.78, 5) is 19.6. The van der Waals surface area contributed by atoms with E-state index in [0.717, 1.165) is 30.5 Å². The molecule has 1 amide bonds. The van der Waals surface area contributed by atoms with Crippen molar-refractivity contribution in [3.63, 3.8) is 0 Å². The number of aryl methyl sites for hydroxylation is 1. The predicted octanol–water partition coefficient (Wildman–Crippen LogP) is 3.94. The first-order valence-corrected chi connectivity index (χ1v) is 10.9. The Hall–Kier alpha value is -1.13. The summed E-state index contributed by atoms with van der Waals surface area (Å²) in [5.41, 5.74) is 2.34. The van der Waals surface area contributed by atoms with Crippen LogP contribution in [0.2, 0.25) is 0 Å². The van der Waals surface area contributed by atoms with Gasteiger partial charge >= 0.3 is 0 Å². The van der Waals surface area contributed by atoms with E-state index in [4.69, 9.17) is 0 Å². The fourth-order valence-electron chi connectivity index (χ4n) is 6.02. The molecule has 5 rings (SSSR count). The molecule has 0 unspecified atom stereocenters. The molecule has 134 valence electrons. The highest BCUT2D eigenvalue weighted by Crippen LogP contribution is 2.45. The largest absolute Gasteiger partial charge is 0.335 e. The van der Waals surface area contributed by atoms with Crippen LogP contribution < -0.4 is 0 Å². The lowest BCUT2D eigenvalue weighted by molar-refractivity contribution is -0.145. The van der Waals surface area contributed by atoms with Gasteiger partial charge in [0.05, 0.1) is 0 Å². The van der Waals surface area contributed by atoms with Gasteiger partial charge in [-0.1, -0.05) is 0 Å². The van der Waals surface area contributed by atoms with E-state index in [-0.39, 0.29) is 0 Å². The molecule has 0 spiro atoms. The van der Waals surface area contributed by atoms with Crippen LogP contribution in [0.5, 0.6) is 0 Å². The lowest BCUT2D eigenvalue weighted by Gasteiger charge is -2.58. The van der Waals surface area contributed by atoms with Crippen LogP contribution in [0, 0.1) is 18.8 Å². The smallest absolute Gasteiger partial charge is 0.250 e. The van der Waals surface area contributed by atoms with Gasteiger partial charge in [-0.3, -0.25) is 9.69 Å². The third-order valence-electron chi connectivity index (χ3n) is 7.12. The van der Waals surface area contributed by atoms with Gasteiger partial charge in [0.2, 0.25) is 5.91 Å². The minimum Gasteiger partial charge on any atom is -0.335 e. The van der Waals surface area contributed by atoms with E-state index >= 15 is 0 Å². The first-order chi connectivity index (χ1) is 12.2. The highest BCUT2D eigenvalue weighted by molar-refractivity contribution is 7.11. The highest BCUT2D eigenvalue weighted by Gasteiger charge is 2.51. The summed E-state index contributed by atoms with van der Waals surface area (Å²) in [6.45, 7) is 5.73. The first kappa shape index (κ1) is 16.1. The molecule has 0 bridgehead atoms. The fourth-order valence-corrected chi connectivity index (χ4v) is 6.90. The van der Waals surface area contributed by atoms with Gasteiger partial charge in [-0.15, -0.1) is 11.3 Å². The number of piperidine rings is 4. The van der Waals surface area contributed by atoms with Crippen molar-refractivity contribution in [2.45, 2.75) is 57.5 Å². The molecule has 5 heterocycles. The average molecular weight is 357 g/mol. The molecule has 0 saturated carbocycles. The molecule has 1 aromatic heterocycles. The molecule has 4 heteroatoms. The Labute approximate surface area is 154 Å². The van der Waals surface area contributed by atoms with Crippen LogP contribution in [-0.4, -0.2) is 47.4 Å². The second-order valence-corrected chi connectivity index (χ2v) is 9.38. The molecule has 4 atom stereocenters. The zero-order valence-electron chi connectivity index (χ0n) is 15.1. The Morgan fingerprint density at radius 2 is 2.04 bits per heavy atom. The SMILES string of the molecule is Cc1ccsc1/C=C1\CC[C@@H]2[C@H]3CCCN4CCC[C@H](CN2C1=O)[C@@H]34. The van der Waals surface area contributed by atoms with E-state index in [1.54, 1.807) is 11.3 Å². The summed E-state index contributed by atoms with van der Waals surface area (Å²) in [6, 6.07) is 3.41. The van der Waals surface area contributed by atoms with E-state index in [1.165, 1.54) is 55.6 Å². The quantitative estimate of drug-likeness (QED) is 0.712. The molecule has 0 aromatic carbocycles. The van der Waals surface area contributed by atoms with E-state index in [2.05, 4.69) is 34.2 Å². The number of rotatable bonds is 1. The van der Waals surface area contributed by atoms with Crippen molar-refractivity contribution in [3.05, 3.63) is 27.5 Å². The van der Waals surface area contributed by atoms with Crippen molar-refractivity contribution in [2.24, 2.45) is 11.8 Å². The molecule has 4 fully saturated rings. The molecule has 1 aromatic rings. The Bertz CT molecular complexity index is 707. The van der Waals surface area contributed by atoms with E-state index in [9.17, 15) is 4.79 Å². The average Bonchev–Trinajstić information content (AvgIpc) is 3.03. The molecular weight excluding hydrogens is 328 g/mol. The maximum atomic E-state index is 13.3. The lowest BCUT2D eigenvalue weighted by atomic mass is 9.67. The number of thiophene rings is 1. The maximum absolute atomic E-state index is 13.3. The fraction of sp³-hybridized carbons (Fsp3) is 0.667. The summed E-state index contributed by atoms with van der Waals surface area (Å²) in [5.74, 6) is 1.77. The molecule has 0 aliphatic carbocycles. The molecule has 4 aliphatic heterocycles. The Kier molecular flexibility index (Phi) is 4.01. The number of hydrogen-bond donors (Lipinski definition) is 0. The number of amides is 1. The summed E-state index contributed by atoms with van der Waals surface area (Å²) in [6.07, 6.45) is 9.60. The van der Waals surface area contributed by atoms with Crippen LogP contribution >= 0.6 is 11.3 Å². The molecule has 3 nitrogen and oxygen atoms in total. The Morgan fingerprint density at radius 1 is 1.20 bits per heavy atom. The third kappa shape index (κ3) is 2.60. The van der Waals surface area contributed by atoms with Gasteiger partial charge in [0.1, 0.15) is 0 Å². The van der Waals surface area contributed by atoms with Crippen LogP contribution in [0.3, 0.4) is 0 Å². The Balaban J connectivity index is 1.43. The number of carbonyl (C=O) groups excluding carboxylic acids is 1. The number of nitrogens with zero attached hydrogens (tertiary/aromatic N) is 2. The lowest BCUT2D eigenvalue weighted by Crippen LogP contribution is -2.66. The zero-order valence-corrected chi connectivity index (χ0v) is 15.9. The molecule has 0 N–H and O–H groups in total. The first-order valence-electron chi connectivity index (χ1n) is 10.0. The minimum atomic E-state index is 0.338. The third-order valence-corrected chi connectivity index (χ3v) is 8.09. The number of fused-ring (bicyclic) bond motifs is 2. The number of hydrogen-bond acceptors (Lipinski definition) is 3. The van der Waals surface area contributed by atoms with Gasteiger partial charge in [-0.25, -0.2) is 0 Å². The van der Waals surface area contributed by atoms with Gasteiger partial charge in [-0.05, 0) is 93.5 Å². The summed E-state index contributed by atoms with van der Waals surface area (Å²) in [5, 5.41) is 2.13. The summed E-state index contributed by atoms with van der Waals surface area (Å²) in [7, 11) is 0. The molecular formula is C21H28N2OS. The van der Waals surface area contributed by atoms with E-state index < -0.39 is 0 Å². The van der Waals surface area contributed by atoms with Crippen molar-refractivity contribution >= 4 is 23.3 Å². The monoisotopic (exact) mass is 356 g/mol. The zero-order chi connectivity index (χ0) is 17.0. The molecule has 4 saturated heterocycles. The van der Waals surface area contributed by atoms with Gasteiger partial charge in [0, 0.05) is 29.1 Å². The standard InChI is InChI=1S/C21H28N2OS/c1-14-8-11-25-19(14)12-15-6-7-18-17-5-3-10-22-9-2-4-16(20(17)22)13-23(18)21(15)24/h8,11-12,16-18,20H,2-7,9-10,13H2,1H3/b15-12+/t16-,17-,18-,20+/m1/s1. The van der Waals surface area contributed by atoms with Crippen molar-refractivity contribution in [3.8, 4) is 0 Å². The van der Waals surface area contributed by atoms with Crippen molar-refractivity contribution in [1.29, 1.82) is 0 Å².